The zero-order valence-corrected chi connectivity index (χ0v) is 7.84. The molecule has 0 fully saturated rings. The van der Waals surface area contributed by atoms with E-state index in [1.54, 1.807) is 0 Å². The second-order valence-electron chi connectivity index (χ2n) is 2.37. The van der Waals surface area contributed by atoms with Crippen LogP contribution in [0.1, 0.15) is 9.78 Å². The van der Waals surface area contributed by atoms with Gasteiger partial charge < -0.3 is 20.5 Å². The minimum atomic E-state index is 0. The molecule has 0 aromatic rings. The molecule has 4 heteroatoms. The van der Waals surface area contributed by atoms with Gasteiger partial charge in [0.05, 0.1) is 26.4 Å². The monoisotopic (exact) mass is 180 g/mol. The lowest BCUT2D eigenvalue weighted by Gasteiger charge is -2.04. The van der Waals surface area contributed by atoms with Gasteiger partial charge in [0.1, 0.15) is 0 Å². The largest absolute Gasteiger partial charge is 0.378 e. The van der Waals surface area contributed by atoms with E-state index >= 15 is 0 Å². The summed E-state index contributed by atoms with van der Waals surface area (Å²) in [5.41, 5.74) is 5.23. The average molecular weight is 180 g/mol. The number of rotatable bonds is 9. The van der Waals surface area contributed by atoms with Gasteiger partial charge in [-0.15, -0.1) is 0 Å². The molecule has 0 aliphatic carbocycles. The second-order valence-corrected chi connectivity index (χ2v) is 2.37. The normalized spacial score (nSPS) is 10.5. The lowest BCUT2D eigenvalue weighted by atomic mass is 10.6. The minimum absolute atomic E-state index is 0. The van der Waals surface area contributed by atoms with Crippen molar-refractivity contribution in [2.24, 2.45) is 5.73 Å². The molecule has 0 aromatic carbocycles. The molecular formula is C8H24N2O2. The first-order valence-electron chi connectivity index (χ1n) is 4.48. The van der Waals surface area contributed by atoms with Crippen LogP contribution in [0, 0.1) is 0 Å². The predicted octanol–water partition coefficient (Wildman–Crippen LogP) is 0.0798. The lowest BCUT2D eigenvalue weighted by Crippen LogP contribution is -2.20. The van der Waals surface area contributed by atoms with Gasteiger partial charge in [0.25, 0.3) is 0 Å². The van der Waals surface area contributed by atoms with Gasteiger partial charge in [-0.05, 0) is 6.54 Å². The van der Waals surface area contributed by atoms with Crippen molar-refractivity contribution in [1.29, 1.82) is 0 Å². The Bertz CT molecular complexity index is 79.7. The summed E-state index contributed by atoms with van der Waals surface area (Å²) in [5.74, 6) is 0. The summed E-state index contributed by atoms with van der Waals surface area (Å²) >= 11 is 0. The minimum Gasteiger partial charge on any atom is -0.378 e. The van der Waals surface area contributed by atoms with E-state index < -0.39 is 0 Å². The molecule has 12 heavy (non-hydrogen) atoms. The Labute approximate surface area is 77.4 Å². The van der Waals surface area contributed by atoms with Gasteiger partial charge >= 0.3 is 0 Å². The van der Waals surface area contributed by atoms with Crippen molar-refractivity contribution in [1.82, 2.24) is 5.32 Å². The van der Waals surface area contributed by atoms with Crippen LogP contribution in [0.5, 0.6) is 0 Å². The van der Waals surface area contributed by atoms with E-state index in [1.807, 2.05) is 0 Å². The van der Waals surface area contributed by atoms with Gasteiger partial charge in [0.15, 0.2) is 0 Å². The standard InChI is InChI=1S/C8H20N2O2.2H2/c1-2-10-4-6-12-8-7-11-5-3-9;;/h10H,2-9H2,1H3;2*1H. The molecule has 3 N–H and O–H groups in total. The van der Waals surface area contributed by atoms with Crippen molar-refractivity contribution < 1.29 is 12.3 Å². The molecule has 0 radical (unpaired) electrons. The summed E-state index contributed by atoms with van der Waals surface area (Å²) in [7, 11) is 0. The average Bonchev–Trinajstić information content (AvgIpc) is 2.10. The first-order valence-corrected chi connectivity index (χ1v) is 4.48. The number of ether oxygens (including phenoxy) is 2. The third kappa shape index (κ3) is 9.84. The molecule has 0 bridgehead atoms. The third-order valence-corrected chi connectivity index (χ3v) is 1.31. The van der Waals surface area contributed by atoms with Gasteiger partial charge in [-0.2, -0.15) is 0 Å². The Hall–Kier alpha value is -0.160. The first kappa shape index (κ1) is 11.8. The fraction of sp³-hybridized carbons (Fsp3) is 1.00. The maximum Gasteiger partial charge on any atom is 0.0701 e. The molecule has 0 aliphatic rings. The van der Waals surface area contributed by atoms with Crippen molar-refractivity contribution in [3.05, 3.63) is 0 Å². The molecule has 0 amide bonds. The van der Waals surface area contributed by atoms with Crippen molar-refractivity contribution in [2.75, 3.05) is 46.1 Å². The molecule has 0 atom stereocenters. The molecule has 0 spiro atoms. The quantitative estimate of drug-likeness (QED) is 0.493. The van der Waals surface area contributed by atoms with Crippen LogP contribution in [0.15, 0.2) is 0 Å². The smallest absolute Gasteiger partial charge is 0.0701 e. The molecule has 0 saturated carbocycles. The van der Waals surface area contributed by atoms with Crippen molar-refractivity contribution in [2.45, 2.75) is 6.92 Å². The third-order valence-electron chi connectivity index (χ3n) is 1.31. The van der Waals surface area contributed by atoms with Crippen LogP contribution in [0.4, 0.5) is 0 Å². The zero-order valence-electron chi connectivity index (χ0n) is 7.84. The van der Waals surface area contributed by atoms with Gasteiger partial charge in [0.2, 0.25) is 0 Å². The summed E-state index contributed by atoms with van der Waals surface area (Å²) in [4.78, 5) is 0. The van der Waals surface area contributed by atoms with Gasteiger partial charge in [-0.3, -0.25) is 0 Å². The molecule has 0 aromatic heterocycles. The van der Waals surface area contributed by atoms with Crippen LogP contribution in [0.3, 0.4) is 0 Å². The zero-order chi connectivity index (χ0) is 9.07. The summed E-state index contributed by atoms with van der Waals surface area (Å²) in [6.07, 6.45) is 0. The van der Waals surface area contributed by atoms with Crippen LogP contribution in [0.2, 0.25) is 0 Å². The van der Waals surface area contributed by atoms with E-state index in [9.17, 15) is 0 Å². The van der Waals surface area contributed by atoms with E-state index in [0.29, 0.717) is 26.4 Å². The Kier molecular flexibility index (Phi) is 10.7. The van der Waals surface area contributed by atoms with Crippen LogP contribution in [-0.2, 0) is 9.47 Å². The van der Waals surface area contributed by atoms with Crippen molar-refractivity contribution in [3.63, 3.8) is 0 Å². The molecule has 4 nitrogen and oxygen atoms in total. The van der Waals surface area contributed by atoms with Crippen LogP contribution >= 0.6 is 0 Å². The van der Waals surface area contributed by atoms with Crippen LogP contribution in [0.25, 0.3) is 0 Å². The van der Waals surface area contributed by atoms with E-state index in [-0.39, 0.29) is 2.85 Å². The van der Waals surface area contributed by atoms with Gasteiger partial charge in [-0.1, -0.05) is 6.92 Å². The van der Waals surface area contributed by atoms with E-state index in [1.165, 1.54) is 0 Å². The fourth-order valence-electron chi connectivity index (χ4n) is 0.726. The van der Waals surface area contributed by atoms with Crippen molar-refractivity contribution >= 4 is 0 Å². The summed E-state index contributed by atoms with van der Waals surface area (Å²) in [5, 5.41) is 3.16. The van der Waals surface area contributed by atoms with Gasteiger partial charge in [-0.25, -0.2) is 0 Å². The Morgan fingerprint density at radius 2 is 1.83 bits per heavy atom. The van der Waals surface area contributed by atoms with Gasteiger partial charge in [0, 0.05) is 15.9 Å². The molecule has 0 unspecified atom stereocenters. The molecule has 0 saturated heterocycles. The van der Waals surface area contributed by atoms with Crippen molar-refractivity contribution in [3.8, 4) is 0 Å². The second kappa shape index (κ2) is 10.8. The Morgan fingerprint density at radius 1 is 1.17 bits per heavy atom. The topological polar surface area (TPSA) is 56.5 Å². The highest BCUT2D eigenvalue weighted by atomic mass is 16.5. The van der Waals surface area contributed by atoms with E-state index in [2.05, 4.69) is 12.2 Å². The number of likely N-dealkylation sites (N-methyl/N-ethyl adjacent to an activating group) is 1. The highest BCUT2D eigenvalue weighted by molar-refractivity contribution is 4.40. The fourth-order valence-corrected chi connectivity index (χ4v) is 0.726. The highest BCUT2D eigenvalue weighted by Crippen LogP contribution is 1.76. The van der Waals surface area contributed by atoms with E-state index in [0.717, 1.165) is 19.7 Å². The lowest BCUT2D eigenvalue weighted by molar-refractivity contribution is 0.0520. The van der Waals surface area contributed by atoms with Crippen LogP contribution < -0.4 is 11.1 Å². The maximum absolute atomic E-state index is 5.25. The molecule has 0 aliphatic heterocycles. The summed E-state index contributed by atoms with van der Waals surface area (Å²) in [6, 6.07) is 0. The maximum atomic E-state index is 5.25. The molecule has 0 heterocycles. The summed E-state index contributed by atoms with van der Waals surface area (Å²) in [6.45, 7) is 7.23. The predicted molar refractivity (Wildman–Crippen MR) is 53.5 cm³/mol. The number of hydrogen-bond acceptors (Lipinski definition) is 4. The number of nitrogens with one attached hydrogen (secondary N) is 1. The van der Waals surface area contributed by atoms with E-state index in [4.69, 9.17) is 15.2 Å². The summed E-state index contributed by atoms with van der Waals surface area (Å²) < 4.78 is 10.4. The Morgan fingerprint density at radius 3 is 2.42 bits per heavy atom. The SMILES string of the molecule is CCNCCOCCOCCN.[HH].[HH]. The first-order chi connectivity index (χ1) is 5.91. The number of nitrogens with two attached hydrogens (primary N) is 1. The Balaban J connectivity index is -0.000000605. The molecule has 78 valence electrons. The molecule has 0 rings (SSSR count). The van der Waals surface area contributed by atoms with Crippen LogP contribution in [-0.4, -0.2) is 46.1 Å². The highest BCUT2D eigenvalue weighted by Gasteiger charge is 1.88. The number of hydrogen-bond donors (Lipinski definition) is 2. The molecular weight excluding hydrogens is 156 g/mol.